The smallest absolute Gasteiger partial charge is 0.0458 e. The van der Waals surface area contributed by atoms with Gasteiger partial charge in [0.2, 0.25) is 0 Å². The van der Waals surface area contributed by atoms with Crippen LogP contribution in [0.1, 0.15) is 38.2 Å². The third kappa shape index (κ3) is 2.62. The molecular weight excluding hydrogens is 253 g/mol. The molecule has 2 rings (SSSR count). The number of hydrogen-bond acceptors (Lipinski definition) is 1. The van der Waals surface area contributed by atoms with Crippen molar-refractivity contribution in [2.45, 2.75) is 38.0 Å². The molecule has 0 saturated heterocycles. The summed E-state index contributed by atoms with van der Waals surface area (Å²) in [7, 11) is 0. The van der Waals surface area contributed by atoms with Gasteiger partial charge in [-0.3, -0.25) is 0 Å². The first-order valence-corrected chi connectivity index (χ1v) is 6.98. The number of hydrogen-bond donors (Lipinski definition) is 1. The van der Waals surface area contributed by atoms with Gasteiger partial charge in [-0.1, -0.05) is 36.2 Å². The van der Waals surface area contributed by atoms with Gasteiger partial charge in [-0.05, 0) is 49.3 Å². The summed E-state index contributed by atoms with van der Waals surface area (Å²) < 4.78 is 0. The Morgan fingerprint density at radius 1 is 1.29 bits per heavy atom. The fourth-order valence-electron chi connectivity index (χ4n) is 2.82. The molecule has 0 heterocycles. The van der Waals surface area contributed by atoms with Crippen LogP contribution in [0.5, 0.6) is 0 Å². The predicted molar refractivity (Wildman–Crippen MR) is 74.8 cm³/mol. The van der Waals surface area contributed by atoms with E-state index in [0.29, 0.717) is 11.6 Å². The van der Waals surface area contributed by atoms with Crippen LogP contribution in [0.3, 0.4) is 0 Å². The van der Waals surface area contributed by atoms with E-state index in [1.165, 1.54) is 18.4 Å². The molecule has 1 aromatic carbocycles. The van der Waals surface area contributed by atoms with Crippen molar-refractivity contribution in [1.82, 2.24) is 0 Å². The third-order valence-corrected chi connectivity index (χ3v) is 4.67. The fourth-order valence-corrected chi connectivity index (χ4v) is 3.43. The van der Waals surface area contributed by atoms with E-state index in [-0.39, 0.29) is 5.41 Å². The Kier molecular flexibility index (Phi) is 4.02. The van der Waals surface area contributed by atoms with E-state index in [1.807, 2.05) is 18.2 Å². The molecule has 94 valence electrons. The SMILES string of the molecule is CC1CCC(CN)(c2ccc(Cl)cc2Cl)CC1. The van der Waals surface area contributed by atoms with Crippen LogP contribution < -0.4 is 5.73 Å². The maximum Gasteiger partial charge on any atom is 0.0458 e. The third-order valence-electron chi connectivity index (χ3n) is 4.12. The highest BCUT2D eigenvalue weighted by atomic mass is 35.5. The van der Waals surface area contributed by atoms with Crippen molar-refractivity contribution in [2.75, 3.05) is 6.54 Å². The predicted octanol–water partition coefficient (Wildman–Crippen LogP) is 4.40. The second kappa shape index (κ2) is 5.17. The van der Waals surface area contributed by atoms with Gasteiger partial charge >= 0.3 is 0 Å². The van der Waals surface area contributed by atoms with Crippen molar-refractivity contribution in [3.63, 3.8) is 0 Å². The Bertz CT molecular complexity index is 395. The minimum absolute atomic E-state index is 0.0637. The summed E-state index contributed by atoms with van der Waals surface area (Å²) in [6.45, 7) is 2.98. The molecule has 2 N–H and O–H groups in total. The van der Waals surface area contributed by atoms with Gasteiger partial charge in [0.25, 0.3) is 0 Å². The summed E-state index contributed by atoms with van der Waals surface area (Å²) in [4.78, 5) is 0. The van der Waals surface area contributed by atoms with Gasteiger partial charge in [-0.15, -0.1) is 0 Å². The van der Waals surface area contributed by atoms with Crippen molar-refractivity contribution >= 4 is 23.2 Å². The minimum atomic E-state index is 0.0637. The molecular formula is C14H19Cl2N. The number of nitrogens with two attached hydrogens (primary N) is 1. The molecule has 0 atom stereocenters. The normalized spacial score (nSPS) is 29.3. The summed E-state index contributed by atoms with van der Waals surface area (Å²) in [5, 5.41) is 1.45. The molecule has 17 heavy (non-hydrogen) atoms. The van der Waals surface area contributed by atoms with Crippen LogP contribution in [0.2, 0.25) is 10.0 Å². The summed E-state index contributed by atoms with van der Waals surface area (Å²) in [6, 6.07) is 5.79. The molecule has 0 radical (unpaired) electrons. The van der Waals surface area contributed by atoms with Crippen LogP contribution in [0, 0.1) is 5.92 Å². The van der Waals surface area contributed by atoms with E-state index in [4.69, 9.17) is 28.9 Å². The molecule has 0 aromatic heterocycles. The van der Waals surface area contributed by atoms with Gasteiger partial charge in [0.05, 0.1) is 0 Å². The van der Waals surface area contributed by atoms with Gasteiger partial charge in [0.15, 0.2) is 0 Å². The minimum Gasteiger partial charge on any atom is -0.330 e. The van der Waals surface area contributed by atoms with Crippen molar-refractivity contribution in [2.24, 2.45) is 11.7 Å². The zero-order chi connectivity index (χ0) is 12.5. The maximum absolute atomic E-state index is 6.33. The Balaban J connectivity index is 2.34. The van der Waals surface area contributed by atoms with E-state index in [9.17, 15) is 0 Å². The largest absolute Gasteiger partial charge is 0.330 e. The first-order valence-electron chi connectivity index (χ1n) is 6.23. The molecule has 1 aromatic rings. The molecule has 0 spiro atoms. The molecule has 0 bridgehead atoms. The standard InChI is InChI=1S/C14H19Cl2N/c1-10-4-6-14(9-17,7-5-10)12-3-2-11(15)8-13(12)16/h2-3,8,10H,4-7,9,17H2,1H3. The molecule has 0 amide bonds. The van der Waals surface area contributed by atoms with E-state index in [1.54, 1.807) is 0 Å². The fraction of sp³-hybridized carbons (Fsp3) is 0.571. The van der Waals surface area contributed by atoms with Crippen molar-refractivity contribution in [1.29, 1.82) is 0 Å². The maximum atomic E-state index is 6.33. The molecule has 1 saturated carbocycles. The monoisotopic (exact) mass is 271 g/mol. The van der Waals surface area contributed by atoms with E-state index >= 15 is 0 Å². The highest BCUT2D eigenvalue weighted by molar-refractivity contribution is 6.35. The number of benzene rings is 1. The summed E-state index contributed by atoms with van der Waals surface area (Å²) in [5.41, 5.74) is 7.27. The Morgan fingerprint density at radius 3 is 2.47 bits per heavy atom. The molecule has 1 nitrogen and oxygen atoms in total. The zero-order valence-electron chi connectivity index (χ0n) is 10.2. The van der Waals surface area contributed by atoms with Gasteiger partial charge < -0.3 is 5.73 Å². The lowest BCUT2D eigenvalue weighted by Gasteiger charge is -2.39. The van der Waals surface area contributed by atoms with Crippen molar-refractivity contribution in [3.05, 3.63) is 33.8 Å². The molecule has 3 heteroatoms. The van der Waals surface area contributed by atoms with Gasteiger partial charge in [-0.25, -0.2) is 0 Å². The van der Waals surface area contributed by atoms with Crippen LogP contribution in [0.15, 0.2) is 18.2 Å². The van der Waals surface area contributed by atoms with Gasteiger partial charge in [0, 0.05) is 22.0 Å². The summed E-state index contributed by atoms with van der Waals surface area (Å²) in [5.74, 6) is 0.806. The zero-order valence-corrected chi connectivity index (χ0v) is 11.7. The first kappa shape index (κ1) is 13.2. The average Bonchev–Trinajstić information content (AvgIpc) is 2.31. The number of halogens is 2. The molecule has 0 aliphatic heterocycles. The second-order valence-electron chi connectivity index (χ2n) is 5.29. The highest BCUT2D eigenvalue weighted by Crippen LogP contribution is 2.43. The Hall–Kier alpha value is -0.240. The van der Waals surface area contributed by atoms with Crippen LogP contribution in [0.4, 0.5) is 0 Å². The quantitative estimate of drug-likeness (QED) is 0.848. The van der Waals surface area contributed by atoms with E-state index in [2.05, 4.69) is 6.92 Å². The van der Waals surface area contributed by atoms with Crippen LogP contribution in [0.25, 0.3) is 0 Å². The van der Waals surface area contributed by atoms with Gasteiger partial charge in [-0.2, -0.15) is 0 Å². The second-order valence-corrected chi connectivity index (χ2v) is 6.13. The van der Waals surface area contributed by atoms with Crippen LogP contribution in [-0.4, -0.2) is 6.54 Å². The van der Waals surface area contributed by atoms with Gasteiger partial charge in [0.1, 0.15) is 0 Å². The van der Waals surface area contributed by atoms with E-state index < -0.39 is 0 Å². The lowest BCUT2D eigenvalue weighted by atomic mass is 9.67. The lowest BCUT2D eigenvalue weighted by molar-refractivity contribution is 0.248. The summed E-state index contributed by atoms with van der Waals surface area (Å²) in [6.07, 6.45) is 4.73. The molecule has 1 fully saturated rings. The van der Waals surface area contributed by atoms with Crippen molar-refractivity contribution < 1.29 is 0 Å². The first-order chi connectivity index (χ1) is 8.07. The van der Waals surface area contributed by atoms with Crippen LogP contribution >= 0.6 is 23.2 Å². The molecule has 0 unspecified atom stereocenters. The lowest BCUT2D eigenvalue weighted by Crippen LogP contribution is -2.38. The van der Waals surface area contributed by atoms with Crippen LogP contribution in [-0.2, 0) is 5.41 Å². The Morgan fingerprint density at radius 2 is 1.94 bits per heavy atom. The Labute approximate surface area is 113 Å². The summed E-state index contributed by atoms with van der Waals surface area (Å²) >= 11 is 12.3. The average molecular weight is 272 g/mol. The molecule has 1 aliphatic carbocycles. The topological polar surface area (TPSA) is 26.0 Å². The van der Waals surface area contributed by atoms with E-state index in [0.717, 1.165) is 23.8 Å². The highest BCUT2D eigenvalue weighted by Gasteiger charge is 2.35. The number of rotatable bonds is 2. The molecule has 1 aliphatic rings. The van der Waals surface area contributed by atoms with Crippen molar-refractivity contribution in [3.8, 4) is 0 Å².